The van der Waals surface area contributed by atoms with E-state index in [4.69, 9.17) is 0 Å². The fraction of sp³-hybridized carbons (Fsp3) is 0.200. The Morgan fingerprint density at radius 3 is 2.21 bits per heavy atom. The molecule has 0 radical (unpaired) electrons. The SMILES string of the molecule is FC(F)(F)c1cc(-c2csc(Sc3nnnn3CCc3ccccc3)n2)cc(C(F)(F)F)c1. The summed E-state index contributed by atoms with van der Waals surface area (Å²) in [6.45, 7) is 0.486. The number of nitrogens with zero attached hydrogens (tertiary/aromatic N) is 5. The van der Waals surface area contributed by atoms with E-state index in [1.165, 1.54) is 5.38 Å². The third-order valence-electron chi connectivity index (χ3n) is 4.50. The van der Waals surface area contributed by atoms with Crippen LogP contribution < -0.4 is 0 Å². The van der Waals surface area contributed by atoms with Crippen LogP contribution in [-0.2, 0) is 25.3 Å². The first-order valence-electron chi connectivity index (χ1n) is 9.33. The standard InChI is InChI=1S/C20H13F6N5S2/c21-19(22,23)14-8-13(9-15(10-14)20(24,25)26)16-11-32-18(27-16)33-17-28-29-30-31(17)7-6-12-4-2-1-3-5-12/h1-5,8-11H,6-7H2. The summed E-state index contributed by atoms with van der Waals surface area (Å²) in [6, 6.07) is 11.1. The molecule has 0 N–H and O–H groups in total. The fourth-order valence-corrected chi connectivity index (χ4v) is 4.63. The number of hydrogen-bond acceptors (Lipinski definition) is 6. The Kier molecular flexibility index (Phi) is 6.43. The van der Waals surface area contributed by atoms with Gasteiger partial charge in [-0.25, -0.2) is 9.67 Å². The average Bonchev–Trinajstić information content (AvgIpc) is 3.41. The van der Waals surface area contributed by atoms with Gasteiger partial charge in [0.05, 0.1) is 16.8 Å². The van der Waals surface area contributed by atoms with E-state index < -0.39 is 23.5 Å². The van der Waals surface area contributed by atoms with Crippen LogP contribution in [0.25, 0.3) is 11.3 Å². The zero-order valence-electron chi connectivity index (χ0n) is 16.4. The van der Waals surface area contributed by atoms with Crippen LogP contribution in [0.1, 0.15) is 16.7 Å². The van der Waals surface area contributed by atoms with Crippen molar-refractivity contribution in [1.82, 2.24) is 25.2 Å². The van der Waals surface area contributed by atoms with Crippen LogP contribution in [0.3, 0.4) is 0 Å². The van der Waals surface area contributed by atoms with Gasteiger partial charge in [0.15, 0.2) is 4.34 Å². The highest BCUT2D eigenvalue weighted by molar-refractivity contribution is 8.00. The van der Waals surface area contributed by atoms with Gasteiger partial charge >= 0.3 is 12.4 Å². The number of thiazole rings is 1. The Bertz CT molecular complexity index is 1200. The Hall–Kier alpha value is -2.93. The first-order chi connectivity index (χ1) is 15.6. The van der Waals surface area contributed by atoms with Crippen molar-refractivity contribution in [2.75, 3.05) is 0 Å². The Labute approximate surface area is 191 Å². The Balaban J connectivity index is 1.55. The maximum Gasteiger partial charge on any atom is 0.416 e. The highest BCUT2D eigenvalue weighted by Crippen LogP contribution is 2.39. The van der Waals surface area contributed by atoms with Gasteiger partial charge < -0.3 is 0 Å². The van der Waals surface area contributed by atoms with Crippen molar-refractivity contribution in [1.29, 1.82) is 0 Å². The second-order valence-electron chi connectivity index (χ2n) is 6.82. The second kappa shape index (κ2) is 9.14. The number of tetrazole rings is 1. The molecule has 0 saturated carbocycles. The van der Waals surface area contributed by atoms with Gasteiger partial charge in [-0.15, -0.1) is 16.4 Å². The number of aromatic nitrogens is 5. The third kappa shape index (κ3) is 5.71. The lowest BCUT2D eigenvalue weighted by atomic mass is 10.0. The molecule has 5 nitrogen and oxygen atoms in total. The summed E-state index contributed by atoms with van der Waals surface area (Å²) in [5.41, 5.74) is -1.96. The monoisotopic (exact) mass is 501 g/mol. The molecule has 0 unspecified atom stereocenters. The number of hydrogen-bond donors (Lipinski definition) is 0. The lowest BCUT2D eigenvalue weighted by Crippen LogP contribution is -2.11. The highest BCUT2D eigenvalue weighted by atomic mass is 32.2. The zero-order valence-corrected chi connectivity index (χ0v) is 18.1. The predicted octanol–water partition coefficient (Wildman–Crippen LogP) is 6.23. The largest absolute Gasteiger partial charge is 0.416 e. The van der Waals surface area contributed by atoms with Crippen LogP contribution in [-0.4, -0.2) is 25.2 Å². The van der Waals surface area contributed by atoms with Crippen LogP contribution in [0.4, 0.5) is 26.3 Å². The van der Waals surface area contributed by atoms with E-state index in [0.29, 0.717) is 34.6 Å². The summed E-state index contributed by atoms with van der Waals surface area (Å²) in [4.78, 5) is 4.20. The maximum absolute atomic E-state index is 13.1. The summed E-state index contributed by atoms with van der Waals surface area (Å²) in [5, 5.41) is 13.3. The lowest BCUT2D eigenvalue weighted by molar-refractivity contribution is -0.143. The number of alkyl halides is 6. The minimum Gasteiger partial charge on any atom is -0.229 e. The van der Waals surface area contributed by atoms with E-state index >= 15 is 0 Å². The predicted molar refractivity (Wildman–Crippen MR) is 110 cm³/mol. The minimum atomic E-state index is -4.93. The molecule has 0 atom stereocenters. The van der Waals surface area contributed by atoms with Gasteiger partial charge in [0, 0.05) is 17.5 Å². The molecule has 4 rings (SSSR count). The van der Waals surface area contributed by atoms with E-state index in [9.17, 15) is 26.3 Å². The number of aryl methyl sites for hydroxylation is 2. The molecular weight excluding hydrogens is 488 g/mol. The number of rotatable bonds is 6. The van der Waals surface area contributed by atoms with Crippen molar-refractivity contribution in [3.05, 3.63) is 70.6 Å². The summed E-state index contributed by atoms with van der Waals surface area (Å²) in [7, 11) is 0. The van der Waals surface area contributed by atoms with Crippen LogP contribution >= 0.6 is 23.1 Å². The maximum atomic E-state index is 13.1. The molecule has 33 heavy (non-hydrogen) atoms. The van der Waals surface area contributed by atoms with Crippen molar-refractivity contribution in [3.63, 3.8) is 0 Å². The van der Waals surface area contributed by atoms with Gasteiger partial charge in [0.25, 0.3) is 0 Å². The summed E-state index contributed by atoms with van der Waals surface area (Å²) in [6.07, 6.45) is -9.18. The molecule has 172 valence electrons. The molecule has 0 bridgehead atoms. The van der Waals surface area contributed by atoms with Gasteiger partial charge in [0.2, 0.25) is 5.16 Å². The molecular formula is C20H13F6N5S2. The second-order valence-corrected chi connectivity index (χ2v) is 8.89. The molecule has 2 heterocycles. The first-order valence-corrected chi connectivity index (χ1v) is 11.0. The average molecular weight is 501 g/mol. The molecule has 4 aromatic rings. The highest BCUT2D eigenvalue weighted by Gasteiger charge is 2.37. The molecule has 0 fully saturated rings. The van der Waals surface area contributed by atoms with Crippen LogP contribution in [0, 0.1) is 0 Å². The quantitative estimate of drug-likeness (QED) is 0.293. The molecule has 0 spiro atoms. The number of halogens is 6. The van der Waals surface area contributed by atoms with Gasteiger partial charge in [-0.1, -0.05) is 30.3 Å². The molecule has 2 aromatic carbocycles. The van der Waals surface area contributed by atoms with Gasteiger partial charge in [-0.3, -0.25) is 0 Å². The molecule has 2 aromatic heterocycles. The molecule has 0 aliphatic carbocycles. The topological polar surface area (TPSA) is 56.5 Å². The Morgan fingerprint density at radius 1 is 0.909 bits per heavy atom. The third-order valence-corrected chi connectivity index (χ3v) is 6.41. The van der Waals surface area contributed by atoms with Crippen LogP contribution in [0.15, 0.2) is 63.4 Å². The minimum absolute atomic E-state index is 0.00223. The van der Waals surface area contributed by atoms with E-state index in [2.05, 4.69) is 20.5 Å². The fourth-order valence-electron chi connectivity index (χ4n) is 2.91. The van der Waals surface area contributed by atoms with Gasteiger partial charge in [-0.05, 0) is 52.4 Å². The van der Waals surface area contributed by atoms with Crippen molar-refractivity contribution in [3.8, 4) is 11.3 Å². The molecule has 0 saturated heterocycles. The molecule has 0 aliphatic heterocycles. The summed E-state index contributed by atoms with van der Waals surface area (Å²) >= 11 is 2.15. The van der Waals surface area contributed by atoms with E-state index in [0.717, 1.165) is 28.7 Å². The van der Waals surface area contributed by atoms with Gasteiger partial charge in [0.1, 0.15) is 0 Å². The Morgan fingerprint density at radius 2 is 1.58 bits per heavy atom. The molecule has 0 aliphatic rings. The van der Waals surface area contributed by atoms with E-state index in [1.807, 2.05) is 30.3 Å². The summed E-state index contributed by atoms with van der Waals surface area (Å²) in [5.74, 6) is 0. The van der Waals surface area contributed by atoms with Crippen molar-refractivity contribution in [2.24, 2.45) is 0 Å². The normalized spacial score (nSPS) is 12.3. The smallest absolute Gasteiger partial charge is 0.229 e. The summed E-state index contributed by atoms with van der Waals surface area (Å²) < 4.78 is 80.7. The first kappa shape index (κ1) is 23.2. The molecule has 0 amide bonds. The van der Waals surface area contributed by atoms with Crippen molar-refractivity contribution in [2.45, 2.75) is 34.8 Å². The van der Waals surface area contributed by atoms with Crippen molar-refractivity contribution >= 4 is 23.1 Å². The lowest BCUT2D eigenvalue weighted by Gasteiger charge is -2.13. The van der Waals surface area contributed by atoms with E-state index in [1.54, 1.807) is 4.68 Å². The van der Waals surface area contributed by atoms with E-state index in [-0.39, 0.29) is 17.3 Å². The van der Waals surface area contributed by atoms with Gasteiger partial charge in [-0.2, -0.15) is 26.3 Å². The zero-order chi connectivity index (χ0) is 23.6. The van der Waals surface area contributed by atoms with Crippen LogP contribution in [0.2, 0.25) is 0 Å². The van der Waals surface area contributed by atoms with Crippen LogP contribution in [0.5, 0.6) is 0 Å². The molecule has 13 heteroatoms. The van der Waals surface area contributed by atoms with Crippen molar-refractivity contribution < 1.29 is 26.3 Å². The number of benzene rings is 2.